The number of furan rings is 1. The Bertz CT molecular complexity index is 682. The number of hydrogen-bond donors (Lipinski definition) is 1. The SMILES string of the molecule is O=C(N/N=C\C=C\c1ccco1)c1ccc(N2CCCC2)cc1. The van der Waals surface area contributed by atoms with Gasteiger partial charge in [0.2, 0.25) is 0 Å². The van der Waals surface area contributed by atoms with Crippen molar-refractivity contribution in [2.75, 3.05) is 18.0 Å². The summed E-state index contributed by atoms with van der Waals surface area (Å²) in [5.74, 6) is 0.515. The number of allylic oxidation sites excluding steroid dienone is 1. The zero-order chi connectivity index (χ0) is 15.9. The van der Waals surface area contributed by atoms with Crippen LogP contribution in [0.3, 0.4) is 0 Å². The van der Waals surface area contributed by atoms with Crippen molar-refractivity contribution in [1.82, 2.24) is 5.43 Å². The summed E-state index contributed by atoms with van der Waals surface area (Å²) in [7, 11) is 0. The molecule has 2 heterocycles. The Balaban J connectivity index is 1.51. The second-order valence-corrected chi connectivity index (χ2v) is 5.33. The minimum Gasteiger partial charge on any atom is -0.465 e. The molecule has 1 aliphatic rings. The van der Waals surface area contributed by atoms with Gasteiger partial charge in [-0.2, -0.15) is 5.10 Å². The van der Waals surface area contributed by atoms with E-state index < -0.39 is 0 Å². The van der Waals surface area contributed by atoms with Crippen LogP contribution < -0.4 is 10.3 Å². The second-order valence-electron chi connectivity index (χ2n) is 5.33. The summed E-state index contributed by atoms with van der Waals surface area (Å²) in [5, 5.41) is 3.88. The van der Waals surface area contributed by atoms with Gasteiger partial charge in [0, 0.05) is 30.6 Å². The molecule has 0 bridgehead atoms. The lowest BCUT2D eigenvalue weighted by molar-refractivity contribution is 0.0955. The number of rotatable bonds is 5. The van der Waals surface area contributed by atoms with Gasteiger partial charge in [0.25, 0.3) is 5.91 Å². The highest BCUT2D eigenvalue weighted by Crippen LogP contribution is 2.20. The van der Waals surface area contributed by atoms with Crippen LogP contribution in [-0.2, 0) is 0 Å². The van der Waals surface area contributed by atoms with E-state index in [4.69, 9.17) is 4.42 Å². The lowest BCUT2D eigenvalue weighted by atomic mass is 10.2. The summed E-state index contributed by atoms with van der Waals surface area (Å²) in [6.45, 7) is 2.19. The van der Waals surface area contributed by atoms with Gasteiger partial charge >= 0.3 is 0 Å². The molecule has 1 amide bonds. The molecule has 0 aliphatic carbocycles. The van der Waals surface area contributed by atoms with Gasteiger partial charge in [0.1, 0.15) is 5.76 Å². The number of nitrogens with one attached hydrogen (secondary N) is 1. The van der Waals surface area contributed by atoms with Crippen molar-refractivity contribution >= 4 is 23.9 Å². The predicted molar refractivity (Wildman–Crippen MR) is 91.6 cm³/mol. The van der Waals surface area contributed by atoms with Crippen LogP contribution in [0, 0.1) is 0 Å². The summed E-state index contributed by atoms with van der Waals surface area (Å²) in [4.78, 5) is 14.3. The third-order valence-corrected chi connectivity index (χ3v) is 3.73. The van der Waals surface area contributed by atoms with Gasteiger partial charge in [-0.25, -0.2) is 5.43 Å². The van der Waals surface area contributed by atoms with Crippen molar-refractivity contribution in [3.63, 3.8) is 0 Å². The molecule has 0 unspecified atom stereocenters. The van der Waals surface area contributed by atoms with Crippen molar-refractivity contribution < 1.29 is 9.21 Å². The number of amides is 1. The first kappa shape index (κ1) is 15.1. The van der Waals surface area contributed by atoms with Crippen molar-refractivity contribution in [1.29, 1.82) is 0 Å². The number of carbonyl (C=O) groups is 1. The summed E-state index contributed by atoms with van der Waals surface area (Å²) >= 11 is 0. The van der Waals surface area contributed by atoms with Gasteiger partial charge in [-0.15, -0.1) is 0 Å². The van der Waals surface area contributed by atoms with Crippen LogP contribution in [0.25, 0.3) is 6.08 Å². The molecule has 1 aromatic heterocycles. The molecular formula is C18H19N3O2. The lowest BCUT2D eigenvalue weighted by Gasteiger charge is -2.17. The molecule has 118 valence electrons. The molecule has 0 atom stereocenters. The van der Waals surface area contributed by atoms with E-state index in [9.17, 15) is 4.79 Å². The van der Waals surface area contributed by atoms with Crippen LogP contribution >= 0.6 is 0 Å². The molecule has 1 aliphatic heterocycles. The molecule has 5 nitrogen and oxygen atoms in total. The molecule has 3 rings (SSSR count). The second kappa shape index (κ2) is 7.45. The van der Waals surface area contributed by atoms with Crippen molar-refractivity contribution in [3.05, 3.63) is 60.1 Å². The van der Waals surface area contributed by atoms with Crippen molar-refractivity contribution in [3.8, 4) is 0 Å². The smallest absolute Gasteiger partial charge is 0.271 e. The molecule has 5 heteroatoms. The average molecular weight is 309 g/mol. The van der Waals surface area contributed by atoms with Gasteiger partial charge in [0.05, 0.1) is 6.26 Å². The Hall–Kier alpha value is -2.82. The van der Waals surface area contributed by atoms with E-state index in [-0.39, 0.29) is 5.91 Å². The van der Waals surface area contributed by atoms with Gasteiger partial charge in [-0.3, -0.25) is 4.79 Å². The molecule has 0 saturated carbocycles. The fourth-order valence-electron chi connectivity index (χ4n) is 2.53. The molecule has 23 heavy (non-hydrogen) atoms. The maximum Gasteiger partial charge on any atom is 0.271 e. The van der Waals surface area contributed by atoms with E-state index in [1.54, 1.807) is 18.4 Å². The normalized spacial score (nSPS) is 14.9. The van der Waals surface area contributed by atoms with E-state index in [0.717, 1.165) is 18.8 Å². The Morgan fingerprint density at radius 2 is 1.96 bits per heavy atom. The summed E-state index contributed by atoms with van der Waals surface area (Å²) in [6, 6.07) is 11.3. The van der Waals surface area contributed by atoms with E-state index in [1.165, 1.54) is 24.7 Å². The van der Waals surface area contributed by atoms with E-state index in [2.05, 4.69) is 15.4 Å². The van der Waals surface area contributed by atoms with E-state index in [0.29, 0.717) is 5.56 Å². The standard InChI is InChI=1S/C18H19N3O2/c22-18(20-19-11-3-5-17-6-4-14-23-17)15-7-9-16(10-8-15)21-12-1-2-13-21/h3-11,14H,1-2,12-13H2,(H,20,22)/b5-3+,19-11-. The maximum atomic E-state index is 12.0. The zero-order valence-electron chi connectivity index (χ0n) is 12.8. The van der Waals surface area contributed by atoms with Crippen molar-refractivity contribution in [2.45, 2.75) is 12.8 Å². The summed E-state index contributed by atoms with van der Waals surface area (Å²) < 4.78 is 5.14. The number of hydrazone groups is 1. The van der Waals surface area contributed by atoms with Crippen LogP contribution in [0.1, 0.15) is 29.0 Å². The fourth-order valence-corrected chi connectivity index (χ4v) is 2.53. The van der Waals surface area contributed by atoms with Crippen LogP contribution in [-0.4, -0.2) is 25.2 Å². The zero-order valence-corrected chi connectivity index (χ0v) is 12.8. The first-order valence-electron chi connectivity index (χ1n) is 7.71. The topological polar surface area (TPSA) is 57.8 Å². The fraction of sp³-hybridized carbons (Fsp3) is 0.222. The van der Waals surface area contributed by atoms with Gasteiger partial charge < -0.3 is 9.32 Å². The van der Waals surface area contributed by atoms with Crippen LogP contribution in [0.2, 0.25) is 0 Å². The Morgan fingerprint density at radius 1 is 1.17 bits per heavy atom. The lowest BCUT2D eigenvalue weighted by Crippen LogP contribution is -2.19. The molecule has 1 N–H and O–H groups in total. The number of benzene rings is 1. The van der Waals surface area contributed by atoms with Gasteiger partial charge in [0.15, 0.2) is 0 Å². The third kappa shape index (κ3) is 4.10. The van der Waals surface area contributed by atoms with E-state index >= 15 is 0 Å². The third-order valence-electron chi connectivity index (χ3n) is 3.73. The summed E-state index contributed by atoms with van der Waals surface area (Å²) in [5.41, 5.74) is 4.27. The highest BCUT2D eigenvalue weighted by Gasteiger charge is 2.12. The average Bonchev–Trinajstić information content (AvgIpc) is 3.28. The highest BCUT2D eigenvalue weighted by molar-refractivity contribution is 5.95. The number of anilines is 1. The Kier molecular flexibility index (Phi) is 4.88. The minimum absolute atomic E-state index is 0.222. The number of nitrogens with zero attached hydrogens (tertiary/aromatic N) is 2. The minimum atomic E-state index is -0.222. The number of hydrogen-bond acceptors (Lipinski definition) is 4. The van der Waals surface area contributed by atoms with Gasteiger partial charge in [-0.1, -0.05) is 0 Å². The first-order valence-corrected chi connectivity index (χ1v) is 7.71. The molecular weight excluding hydrogens is 290 g/mol. The van der Waals surface area contributed by atoms with Crippen LogP contribution in [0.15, 0.2) is 58.3 Å². The number of carbonyl (C=O) groups excluding carboxylic acids is 1. The molecule has 0 spiro atoms. The first-order chi connectivity index (χ1) is 11.3. The highest BCUT2D eigenvalue weighted by atomic mass is 16.3. The van der Waals surface area contributed by atoms with Gasteiger partial charge in [-0.05, 0) is 61.4 Å². The monoisotopic (exact) mass is 309 g/mol. The molecule has 2 aromatic rings. The van der Waals surface area contributed by atoms with Crippen LogP contribution in [0.4, 0.5) is 5.69 Å². The molecule has 1 saturated heterocycles. The van der Waals surface area contributed by atoms with Crippen molar-refractivity contribution in [2.24, 2.45) is 5.10 Å². The largest absolute Gasteiger partial charge is 0.465 e. The maximum absolute atomic E-state index is 12.0. The molecule has 1 fully saturated rings. The molecule has 1 aromatic carbocycles. The van der Waals surface area contributed by atoms with Crippen LogP contribution in [0.5, 0.6) is 0 Å². The quantitative estimate of drug-likeness (QED) is 0.681. The predicted octanol–water partition coefficient (Wildman–Crippen LogP) is 3.31. The van der Waals surface area contributed by atoms with E-state index in [1.807, 2.05) is 36.4 Å². The summed E-state index contributed by atoms with van der Waals surface area (Å²) in [6.07, 6.45) is 9.06. The Labute approximate surface area is 135 Å². The Morgan fingerprint density at radius 3 is 2.65 bits per heavy atom. The molecule has 0 radical (unpaired) electrons.